The van der Waals surface area contributed by atoms with E-state index in [1.54, 1.807) is 17.5 Å². The first kappa shape index (κ1) is 13.3. The molecule has 6 heteroatoms. The lowest BCUT2D eigenvalue weighted by Crippen LogP contribution is -2.38. The van der Waals surface area contributed by atoms with Crippen LogP contribution in [0.15, 0.2) is 11.6 Å². The summed E-state index contributed by atoms with van der Waals surface area (Å²) < 4.78 is 0. The van der Waals surface area contributed by atoms with E-state index in [0.717, 1.165) is 42.2 Å². The van der Waals surface area contributed by atoms with Gasteiger partial charge in [0.25, 0.3) is 5.91 Å². The fraction of sp³-hybridized carbons (Fsp3) is 0.500. The fourth-order valence-corrected chi connectivity index (χ4v) is 3.62. The van der Waals surface area contributed by atoms with Crippen molar-refractivity contribution in [3.05, 3.63) is 33.5 Å². The Hall–Kier alpha value is -1.69. The van der Waals surface area contributed by atoms with Crippen LogP contribution >= 0.6 is 11.3 Å². The number of carbonyl (C=O) groups excluding carboxylic acids is 1. The molecule has 0 saturated carbocycles. The zero-order valence-electron chi connectivity index (χ0n) is 11.7. The standard InChI is InChI=1S/C14H18N4OS/c1-9-8-20-13(16-9)12-5-3-4-6-18(12)14(19)11-7-15-17-10(11)2/h7-8,12H,3-6H2,1-2H3,(H,15,17)/t12-/m0/s1. The molecule has 1 aliphatic rings. The predicted molar refractivity (Wildman–Crippen MR) is 77.8 cm³/mol. The molecule has 1 saturated heterocycles. The lowest BCUT2D eigenvalue weighted by Gasteiger charge is -2.34. The second kappa shape index (κ2) is 5.36. The van der Waals surface area contributed by atoms with Crippen LogP contribution in [0, 0.1) is 13.8 Å². The van der Waals surface area contributed by atoms with Crippen LogP contribution in [-0.2, 0) is 0 Å². The number of carbonyl (C=O) groups is 1. The summed E-state index contributed by atoms with van der Waals surface area (Å²) in [6, 6.07) is 0.115. The molecule has 1 aliphatic heterocycles. The maximum atomic E-state index is 12.7. The van der Waals surface area contributed by atoms with E-state index in [2.05, 4.69) is 20.6 Å². The van der Waals surface area contributed by atoms with E-state index < -0.39 is 0 Å². The molecule has 1 N–H and O–H groups in total. The van der Waals surface area contributed by atoms with Crippen molar-refractivity contribution in [2.45, 2.75) is 39.2 Å². The third kappa shape index (κ3) is 2.35. The number of likely N-dealkylation sites (tertiary alicyclic amines) is 1. The number of hydrogen-bond donors (Lipinski definition) is 1. The van der Waals surface area contributed by atoms with Gasteiger partial charge in [-0.3, -0.25) is 9.89 Å². The summed E-state index contributed by atoms with van der Waals surface area (Å²) in [6.07, 6.45) is 4.83. The van der Waals surface area contributed by atoms with Crippen molar-refractivity contribution in [2.75, 3.05) is 6.54 Å². The van der Waals surface area contributed by atoms with E-state index in [4.69, 9.17) is 0 Å². The van der Waals surface area contributed by atoms with Crippen LogP contribution in [0.25, 0.3) is 0 Å². The number of rotatable bonds is 2. The first-order valence-electron chi connectivity index (χ1n) is 6.90. The van der Waals surface area contributed by atoms with E-state index in [1.807, 2.05) is 18.7 Å². The van der Waals surface area contributed by atoms with Crippen LogP contribution < -0.4 is 0 Å². The van der Waals surface area contributed by atoms with Crippen LogP contribution in [0.3, 0.4) is 0 Å². The lowest BCUT2D eigenvalue weighted by atomic mass is 10.0. The molecule has 0 spiro atoms. The Labute approximate surface area is 122 Å². The highest BCUT2D eigenvalue weighted by atomic mass is 32.1. The van der Waals surface area contributed by atoms with Crippen molar-refractivity contribution in [3.63, 3.8) is 0 Å². The molecule has 1 amide bonds. The number of thiazole rings is 1. The van der Waals surface area contributed by atoms with Crippen LogP contribution in [-0.4, -0.2) is 32.5 Å². The summed E-state index contributed by atoms with van der Waals surface area (Å²) >= 11 is 1.65. The Morgan fingerprint density at radius 2 is 2.30 bits per heavy atom. The Kier molecular flexibility index (Phi) is 3.56. The van der Waals surface area contributed by atoms with Crippen molar-refractivity contribution in [2.24, 2.45) is 0 Å². The average Bonchev–Trinajstić information content (AvgIpc) is 3.07. The molecule has 1 atom stereocenters. The molecule has 3 heterocycles. The van der Waals surface area contributed by atoms with Gasteiger partial charge < -0.3 is 4.90 Å². The first-order chi connectivity index (χ1) is 9.66. The van der Waals surface area contributed by atoms with Crippen LogP contribution in [0.5, 0.6) is 0 Å². The monoisotopic (exact) mass is 290 g/mol. The van der Waals surface area contributed by atoms with E-state index in [-0.39, 0.29) is 11.9 Å². The van der Waals surface area contributed by atoms with Crippen molar-refractivity contribution >= 4 is 17.2 Å². The summed E-state index contributed by atoms with van der Waals surface area (Å²) in [5, 5.41) is 9.89. The van der Waals surface area contributed by atoms with Crippen molar-refractivity contribution in [1.29, 1.82) is 0 Å². The molecule has 2 aromatic rings. The molecule has 106 valence electrons. The maximum absolute atomic E-state index is 12.7. The highest BCUT2D eigenvalue weighted by Crippen LogP contribution is 2.33. The number of nitrogens with one attached hydrogen (secondary N) is 1. The number of nitrogens with zero attached hydrogens (tertiary/aromatic N) is 3. The second-order valence-electron chi connectivity index (χ2n) is 5.25. The third-order valence-electron chi connectivity index (χ3n) is 3.75. The SMILES string of the molecule is Cc1csc([C@@H]2CCCCN2C(=O)c2cn[nH]c2C)n1. The van der Waals surface area contributed by atoms with Crippen LogP contribution in [0.4, 0.5) is 0 Å². The zero-order chi connectivity index (χ0) is 14.1. The molecule has 2 aromatic heterocycles. The minimum Gasteiger partial charge on any atom is -0.329 e. The summed E-state index contributed by atoms with van der Waals surface area (Å²) in [4.78, 5) is 19.2. The summed E-state index contributed by atoms with van der Waals surface area (Å²) in [7, 11) is 0. The van der Waals surface area contributed by atoms with Gasteiger partial charge in [0.15, 0.2) is 0 Å². The van der Waals surface area contributed by atoms with Crippen molar-refractivity contribution < 1.29 is 4.79 Å². The summed E-state index contributed by atoms with van der Waals surface area (Å²) in [6.45, 7) is 4.68. The Bertz CT molecular complexity index is 618. The molecule has 3 rings (SSSR count). The van der Waals surface area contributed by atoms with Gasteiger partial charge in [-0.1, -0.05) is 0 Å². The molecule has 20 heavy (non-hydrogen) atoms. The highest BCUT2D eigenvalue weighted by Gasteiger charge is 2.31. The molecule has 5 nitrogen and oxygen atoms in total. The molecule has 0 bridgehead atoms. The van der Waals surface area contributed by atoms with E-state index >= 15 is 0 Å². The maximum Gasteiger partial charge on any atom is 0.257 e. The van der Waals surface area contributed by atoms with Crippen molar-refractivity contribution in [1.82, 2.24) is 20.1 Å². The van der Waals surface area contributed by atoms with Gasteiger partial charge in [-0.25, -0.2) is 4.98 Å². The Balaban J connectivity index is 1.89. The Morgan fingerprint density at radius 1 is 1.45 bits per heavy atom. The number of piperidine rings is 1. The van der Waals surface area contributed by atoms with Gasteiger partial charge in [-0.2, -0.15) is 5.10 Å². The number of H-pyrrole nitrogens is 1. The topological polar surface area (TPSA) is 61.9 Å². The smallest absolute Gasteiger partial charge is 0.257 e. The minimum absolute atomic E-state index is 0.0637. The molecular weight excluding hydrogens is 272 g/mol. The molecule has 0 aliphatic carbocycles. The predicted octanol–water partition coefficient (Wildman–Crippen LogP) is 2.85. The molecular formula is C14H18N4OS. The molecule has 0 aromatic carbocycles. The normalized spacial score (nSPS) is 19.3. The van der Waals surface area contributed by atoms with Gasteiger partial charge >= 0.3 is 0 Å². The quantitative estimate of drug-likeness (QED) is 0.925. The minimum atomic E-state index is 0.0637. The van der Waals surface area contributed by atoms with E-state index in [0.29, 0.717) is 5.56 Å². The van der Waals surface area contributed by atoms with E-state index in [1.165, 1.54) is 0 Å². The fourth-order valence-electron chi connectivity index (χ4n) is 2.68. The number of aromatic amines is 1. The number of aryl methyl sites for hydroxylation is 2. The van der Waals surface area contributed by atoms with Gasteiger partial charge in [0.2, 0.25) is 0 Å². The van der Waals surface area contributed by atoms with Gasteiger partial charge in [-0.05, 0) is 33.1 Å². The van der Waals surface area contributed by atoms with E-state index in [9.17, 15) is 4.79 Å². The highest BCUT2D eigenvalue weighted by molar-refractivity contribution is 7.09. The average molecular weight is 290 g/mol. The summed E-state index contributed by atoms with van der Waals surface area (Å²) in [5.41, 5.74) is 2.53. The van der Waals surface area contributed by atoms with Crippen molar-refractivity contribution in [3.8, 4) is 0 Å². The number of amides is 1. The molecule has 1 fully saturated rings. The third-order valence-corrected chi connectivity index (χ3v) is 4.81. The van der Waals surface area contributed by atoms with Crippen LogP contribution in [0.1, 0.15) is 52.1 Å². The van der Waals surface area contributed by atoms with Gasteiger partial charge in [0.1, 0.15) is 5.01 Å². The summed E-state index contributed by atoms with van der Waals surface area (Å²) in [5.74, 6) is 0.0637. The number of aromatic nitrogens is 3. The Morgan fingerprint density at radius 3 is 2.95 bits per heavy atom. The first-order valence-corrected chi connectivity index (χ1v) is 7.77. The lowest BCUT2D eigenvalue weighted by molar-refractivity contribution is 0.0610. The van der Waals surface area contributed by atoms with Gasteiger partial charge in [0, 0.05) is 23.3 Å². The molecule has 0 unspecified atom stereocenters. The number of hydrogen-bond acceptors (Lipinski definition) is 4. The largest absolute Gasteiger partial charge is 0.329 e. The van der Waals surface area contributed by atoms with Crippen LogP contribution in [0.2, 0.25) is 0 Å². The van der Waals surface area contributed by atoms with Gasteiger partial charge in [-0.15, -0.1) is 11.3 Å². The molecule has 0 radical (unpaired) electrons. The van der Waals surface area contributed by atoms with Gasteiger partial charge in [0.05, 0.1) is 17.8 Å². The zero-order valence-corrected chi connectivity index (χ0v) is 12.5. The second-order valence-corrected chi connectivity index (χ2v) is 6.14.